The number of ether oxygens (including phenoxy) is 1. The van der Waals surface area contributed by atoms with E-state index in [0.29, 0.717) is 21.7 Å². The second-order valence-electron chi connectivity index (χ2n) is 4.32. The lowest BCUT2D eigenvalue weighted by Gasteiger charge is -2.06. The number of benzene rings is 2. The number of rotatable bonds is 1. The Morgan fingerprint density at radius 1 is 1.15 bits per heavy atom. The van der Waals surface area contributed by atoms with Crippen molar-refractivity contribution < 1.29 is 19.1 Å². The van der Waals surface area contributed by atoms with Crippen LogP contribution < -0.4 is 5.43 Å². The van der Waals surface area contributed by atoms with Crippen LogP contribution in [-0.2, 0) is 4.74 Å². The minimum absolute atomic E-state index is 0.0419. The van der Waals surface area contributed by atoms with Gasteiger partial charge >= 0.3 is 5.97 Å². The molecular weight excluding hydrogens is 260 g/mol. The largest absolute Gasteiger partial charge is 0.480 e. The van der Waals surface area contributed by atoms with Crippen LogP contribution >= 0.6 is 0 Å². The molecule has 0 aliphatic carbocycles. The van der Waals surface area contributed by atoms with Crippen LogP contribution in [0.1, 0.15) is 10.4 Å². The Morgan fingerprint density at radius 2 is 1.90 bits per heavy atom. The van der Waals surface area contributed by atoms with E-state index in [0.717, 1.165) is 0 Å². The molecule has 1 heterocycles. The van der Waals surface area contributed by atoms with Gasteiger partial charge in [-0.25, -0.2) is 4.79 Å². The summed E-state index contributed by atoms with van der Waals surface area (Å²) in [7, 11) is 1.22. The first-order chi connectivity index (χ1) is 9.60. The maximum absolute atomic E-state index is 11.5. The zero-order chi connectivity index (χ0) is 14.3. The quantitative estimate of drug-likeness (QED) is 0.543. The fourth-order valence-corrected chi connectivity index (χ4v) is 2.15. The number of aromatic hydroxyl groups is 1. The minimum atomic E-state index is -0.678. The van der Waals surface area contributed by atoms with Crippen molar-refractivity contribution in [1.29, 1.82) is 0 Å². The third-order valence-corrected chi connectivity index (χ3v) is 3.11. The fourth-order valence-electron chi connectivity index (χ4n) is 2.15. The van der Waals surface area contributed by atoms with Crippen molar-refractivity contribution in [3.05, 3.63) is 52.2 Å². The molecule has 5 nitrogen and oxygen atoms in total. The Bertz CT molecular complexity index is 892. The molecule has 5 heteroatoms. The lowest BCUT2D eigenvalue weighted by Crippen LogP contribution is -2.01. The highest BCUT2D eigenvalue weighted by atomic mass is 16.5. The van der Waals surface area contributed by atoms with Crippen molar-refractivity contribution in [2.24, 2.45) is 0 Å². The molecule has 100 valence electrons. The highest BCUT2D eigenvalue weighted by molar-refractivity contribution is 6.06. The van der Waals surface area contributed by atoms with Gasteiger partial charge in [0, 0.05) is 10.8 Å². The molecule has 1 aromatic heterocycles. The zero-order valence-electron chi connectivity index (χ0n) is 10.5. The van der Waals surface area contributed by atoms with Crippen LogP contribution in [0.3, 0.4) is 0 Å². The molecule has 0 saturated carbocycles. The summed E-state index contributed by atoms with van der Waals surface area (Å²) >= 11 is 0. The molecule has 3 aromatic rings. The Hall–Kier alpha value is -2.82. The molecule has 20 heavy (non-hydrogen) atoms. The van der Waals surface area contributed by atoms with E-state index in [2.05, 4.69) is 4.74 Å². The van der Waals surface area contributed by atoms with Crippen molar-refractivity contribution in [1.82, 2.24) is 0 Å². The summed E-state index contributed by atoms with van der Waals surface area (Å²) in [6, 6.07) is 9.49. The summed E-state index contributed by atoms with van der Waals surface area (Å²) in [6.07, 6.45) is 0. The van der Waals surface area contributed by atoms with Gasteiger partial charge in [0.1, 0.15) is 11.1 Å². The highest BCUT2D eigenvalue weighted by Gasteiger charge is 2.16. The van der Waals surface area contributed by atoms with Crippen molar-refractivity contribution in [2.45, 2.75) is 0 Å². The first kappa shape index (κ1) is 12.2. The van der Waals surface area contributed by atoms with Crippen molar-refractivity contribution in [3.8, 4) is 5.95 Å². The van der Waals surface area contributed by atoms with Crippen LogP contribution in [0.25, 0.3) is 21.7 Å². The summed E-state index contributed by atoms with van der Waals surface area (Å²) in [5.41, 5.74) is 0.264. The lowest BCUT2D eigenvalue weighted by molar-refractivity contribution is 0.0593. The molecule has 2 aromatic carbocycles. The summed E-state index contributed by atoms with van der Waals surface area (Å²) in [4.78, 5) is 22.8. The topological polar surface area (TPSA) is 76.7 Å². The van der Waals surface area contributed by atoms with E-state index in [9.17, 15) is 14.7 Å². The minimum Gasteiger partial charge on any atom is -0.480 e. The SMILES string of the molecule is COC(=O)c1cc2ccc3cc(=O)ccc3c2oc1O. The van der Waals surface area contributed by atoms with Crippen molar-refractivity contribution in [2.75, 3.05) is 7.11 Å². The maximum Gasteiger partial charge on any atom is 0.345 e. The first-order valence-electron chi connectivity index (χ1n) is 5.88. The summed E-state index contributed by atoms with van der Waals surface area (Å²) < 4.78 is 9.89. The predicted molar refractivity (Wildman–Crippen MR) is 73.0 cm³/mol. The van der Waals surface area contributed by atoms with Gasteiger partial charge in [-0.1, -0.05) is 12.1 Å². The molecule has 0 radical (unpaired) electrons. The molecular formula is C15H10O5. The average molecular weight is 270 g/mol. The molecule has 0 saturated heterocycles. The maximum atomic E-state index is 11.5. The molecule has 0 unspecified atom stereocenters. The number of methoxy groups -OCH3 is 1. The number of esters is 1. The Balaban J connectivity index is 2.39. The Morgan fingerprint density at radius 3 is 2.65 bits per heavy atom. The normalized spacial score (nSPS) is 10.8. The summed E-state index contributed by atoms with van der Waals surface area (Å²) in [5, 5.41) is 11.8. The van der Waals surface area contributed by atoms with Crippen LogP contribution in [-0.4, -0.2) is 18.2 Å². The standard InChI is InChI=1S/C15H10O5/c1-19-14(17)12-7-9-3-2-8-6-10(16)4-5-11(8)13(9)20-15(12)18/h2-7,18H,1H3. The summed E-state index contributed by atoms with van der Waals surface area (Å²) in [6.45, 7) is 0. The smallest absolute Gasteiger partial charge is 0.345 e. The Kier molecular flexibility index (Phi) is 2.68. The van der Waals surface area contributed by atoms with E-state index in [-0.39, 0.29) is 11.0 Å². The molecule has 0 aliphatic heterocycles. The van der Waals surface area contributed by atoms with E-state index >= 15 is 0 Å². The third kappa shape index (κ3) is 1.80. The van der Waals surface area contributed by atoms with Crippen molar-refractivity contribution >= 4 is 27.7 Å². The second-order valence-corrected chi connectivity index (χ2v) is 4.32. The lowest BCUT2D eigenvalue weighted by atomic mass is 10.1. The monoisotopic (exact) mass is 270 g/mol. The Labute approximate surface area is 113 Å². The van der Waals surface area contributed by atoms with Crippen molar-refractivity contribution in [3.63, 3.8) is 0 Å². The van der Waals surface area contributed by atoms with Crippen LogP contribution in [0.15, 0.2) is 45.6 Å². The van der Waals surface area contributed by atoms with E-state index in [4.69, 9.17) is 4.42 Å². The van der Waals surface area contributed by atoms with E-state index in [1.807, 2.05) is 0 Å². The van der Waals surface area contributed by atoms with Crippen LogP contribution in [0, 0.1) is 0 Å². The molecule has 0 spiro atoms. The number of hydrogen-bond donors (Lipinski definition) is 1. The number of carbonyl (C=O) groups is 1. The number of carbonyl (C=O) groups excluding carboxylic acids is 1. The molecule has 0 aliphatic rings. The van der Waals surface area contributed by atoms with Crippen LogP contribution in [0.2, 0.25) is 0 Å². The average Bonchev–Trinajstić information content (AvgIpc) is 2.45. The molecule has 0 bridgehead atoms. The van der Waals surface area contributed by atoms with E-state index < -0.39 is 11.9 Å². The van der Waals surface area contributed by atoms with Gasteiger partial charge in [0.25, 0.3) is 5.95 Å². The van der Waals surface area contributed by atoms with Gasteiger partial charge in [-0.3, -0.25) is 4.79 Å². The number of hydrogen-bond acceptors (Lipinski definition) is 5. The van der Waals surface area contributed by atoms with Gasteiger partial charge in [-0.05, 0) is 29.7 Å². The molecule has 0 atom stereocenters. The van der Waals surface area contributed by atoms with E-state index in [1.54, 1.807) is 18.2 Å². The van der Waals surface area contributed by atoms with Gasteiger partial charge in [0.15, 0.2) is 5.43 Å². The second kappa shape index (κ2) is 4.38. The molecule has 0 amide bonds. The fraction of sp³-hybridized carbons (Fsp3) is 0.0667. The molecule has 0 fully saturated rings. The predicted octanol–water partition coefficient (Wildman–Crippen LogP) is 2.44. The van der Waals surface area contributed by atoms with Gasteiger partial charge in [-0.2, -0.15) is 0 Å². The molecule has 1 N–H and O–H groups in total. The molecule has 3 rings (SSSR count). The van der Waals surface area contributed by atoms with E-state index in [1.165, 1.54) is 25.3 Å². The van der Waals surface area contributed by atoms with Crippen LogP contribution in [0.4, 0.5) is 0 Å². The van der Waals surface area contributed by atoms with Crippen LogP contribution in [0.5, 0.6) is 5.95 Å². The zero-order valence-corrected chi connectivity index (χ0v) is 10.5. The highest BCUT2D eigenvalue weighted by Crippen LogP contribution is 2.30. The third-order valence-electron chi connectivity index (χ3n) is 3.11. The number of fused-ring (bicyclic) bond motifs is 3. The van der Waals surface area contributed by atoms with Gasteiger partial charge in [0.05, 0.1) is 7.11 Å². The summed E-state index contributed by atoms with van der Waals surface area (Å²) in [5.74, 6) is -1.19. The first-order valence-corrected chi connectivity index (χ1v) is 5.88. The van der Waals surface area contributed by atoms with Gasteiger partial charge in [0.2, 0.25) is 0 Å². The van der Waals surface area contributed by atoms with Gasteiger partial charge in [-0.15, -0.1) is 0 Å². The van der Waals surface area contributed by atoms with Gasteiger partial charge < -0.3 is 14.3 Å².